The molecular formula is C25H24N4O. The number of carbonyl (C=O) groups is 1. The number of hydrogen-bond acceptors (Lipinski definition) is 4. The Morgan fingerprint density at radius 3 is 2.47 bits per heavy atom. The molecule has 5 nitrogen and oxygen atoms in total. The van der Waals surface area contributed by atoms with Crippen molar-refractivity contribution in [1.29, 1.82) is 5.26 Å². The number of amides is 1. The highest BCUT2D eigenvalue weighted by Gasteiger charge is 2.25. The van der Waals surface area contributed by atoms with Crippen molar-refractivity contribution in [3.63, 3.8) is 0 Å². The molecular weight excluding hydrogens is 372 g/mol. The van der Waals surface area contributed by atoms with Gasteiger partial charge in [-0.2, -0.15) is 5.26 Å². The van der Waals surface area contributed by atoms with Crippen molar-refractivity contribution < 1.29 is 4.79 Å². The van der Waals surface area contributed by atoms with E-state index in [1.807, 2.05) is 66.7 Å². The van der Waals surface area contributed by atoms with Gasteiger partial charge in [-0.15, -0.1) is 0 Å². The second kappa shape index (κ2) is 9.34. The van der Waals surface area contributed by atoms with Crippen LogP contribution in [0.4, 0.5) is 5.69 Å². The van der Waals surface area contributed by atoms with Crippen LogP contribution in [0.5, 0.6) is 0 Å². The predicted molar refractivity (Wildman–Crippen MR) is 117 cm³/mol. The molecule has 5 heteroatoms. The van der Waals surface area contributed by atoms with Crippen LogP contribution in [0.3, 0.4) is 0 Å². The molecule has 0 aliphatic heterocycles. The first-order valence-electron chi connectivity index (χ1n) is 10.3. The summed E-state index contributed by atoms with van der Waals surface area (Å²) in [5.41, 5.74) is 4.49. The van der Waals surface area contributed by atoms with Crippen LogP contribution in [0.15, 0.2) is 72.9 Å². The summed E-state index contributed by atoms with van der Waals surface area (Å²) in [4.78, 5) is 17.5. The molecule has 30 heavy (non-hydrogen) atoms. The summed E-state index contributed by atoms with van der Waals surface area (Å²) in [6.45, 7) is 0.637. The van der Waals surface area contributed by atoms with Gasteiger partial charge in [0.25, 0.3) is 0 Å². The normalized spacial score (nSPS) is 14.0. The van der Waals surface area contributed by atoms with Crippen LogP contribution in [0.25, 0.3) is 0 Å². The van der Waals surface area contributed by atoms with Gasteiger partial charge >= 0.3 is 0 Å². The Morgan fingerprint density at radius 2 is 1.83 bits per heavy atom. The van der Waals surface area contributed by atoms with Crippen molar-refractivity contribution in [2.75, 3.05) is 11.9 Å². The van der Waals surface area contributed by atoms with Gasteiger partial charge in [0.05, 0.1) is 23.5 Å². The lowest BCUT2D eigenvalue weighted by Gasteiger charge is -2.19. The van der Waals surface area contributed by atoms with E-state index in [1.54, 1.807) is 6.20 Å². The van der Waals surface area contributed by atoms with Gasteiger partial charge in [0.1, 0.15) is 6.04 Å². The van der Waals surface area contributed by atoms with Gasteiger partial charge in [-0.05, 0) is 54.7 Å². The first kappa shape index (κ1) is 19.8. The molecule has 1 aliphatic rings. The third kappa shape index (κ3) is 5.11. The number of nitriles is 1. The average Bonchev–Trinajstić information content (AvgIpc) is 3.64. The lowest BCUT2D eigenvalue weighted by Crippen LogP contribution is -2.34. The molecule has 0 unspecified atom stereocenters. The Bertz CT molecular complexity index is 1020. The summed E-state index contributed by atoms with van der Waals surface area (Å²) in [7, 11) is 0. The molecule has 1 aliphatic carbocycles. The number of rotatable bonds is 8. The Balaban J connectivity index is 1.41. The fraction of sp³-hybridized carbons (Fsp3) is 0.240. The van der Waals surface area contributed by atoms with E-state index in [0.29, 0.717) is 23.7 Å². The number of hydrogen-bond donors (Lipinski definition) is 2. The third-order valence-corrected chi connectivity index (χ3v) is 5.29. The summed E-state index contributed by atoms with van der Waals surface area (Å²) in [5, 5.41) is 15.3. The molecule has 4 rings (SSSR count). The first-order valence-corrected chi connectivity index (χ1v) is 10.3. The van der Waals surface area contributed by atoms with Crippen molar-refractivity contribution in [2.45, 2.75) is 31.2 Å². The van der Waals surface area contributed by atoms with Gasteiger partial charge < -0.3 is 10.6 Å². The molecule has 0 radical (unpaired) electrons. The molecule has 1 heterocycles. The highest BCUT2D eigenvalue weighted by molar-refractivity contribution is 5.95. The summed E-state index contributed by atoms with van der Waals surface area (Å²) >= 11 is 0. The number of benzene rings is 2. The molecule has 1 fully saturated rings. The number of nitrogens with one attached hydrogen (secondary N) is 2. The van der Waals surface area contributed by atoms with Crippen LogP contribution in [0.2, 0.25) is 0 Å². The van der Waals surface area contributed by atoms with Crippen molar-refractivity contribution in [1.82, 2.24) is 10.3 Å². The van der Waals surface area contributed by atoms with Gasteiger partial charge in [0, 0.05) is 18.2 Å². The minimum Gasteiger partial charge on any atom is -0.323 e. The van der Waals surface area contributed by atoms with E-state index in [4.69, 9.17) is 5.26 Å². The number of carbonyl (C=O) groups excluding carboxylic acids is 1. The van der Waals surface area contributed by atoms with E-state index >= 15 is 0 Å². The molecule has 0 saturated heterocycles. The van der Waals surface area contributed by atoms with Crippen LogP contribution in [-0.2, 0) is 11.2 Å². The zero-order chi connectivity index (χ0) is 20.8. The smallest absolute Gasteiger partial charge is 0.246 e. The van der Waals surface area contributed by atoms with Crippen LogP contribution in [0.1, 0.15) is 47.2 Å². The van der Waals surface area contributed by atoms with Gasteiger partial charge in [-0.25, -0.2) is 0 Å². The summed E-state index contributed by atoms with van der Waals surface area (Å²) in [5.74, 6) is 0.484. The first-order chi connectivity index (χ1) is 14.7. The minimum atomic E-state index is -0.465. The van der Waals surface area contributed by atoms with E-state index in [1.165, 1.54) is 12.8 Å². The molecule has 0 spiro atoms. The zero-order valence-electron chi connectivity index (χ0n) is 16.7. The molecule has 1 saturated carbocycles. The monoisotopic (exact) mass is 396 g/mol. The average molecular weight is 396 g/mol. The standard InChI is InChI=1S/C25H24N4O/c26-16-19-8-6-18(7-9-19)14-15-27-24(21-4-2-1-3-5-21)25(30)29-22-12-13-23(28-17-22)20-10-11-20/h1-9,12-13,17,20,24,27H,10-11,14-15H2,(H,29,30)/t24-/m1/s1. The lowest BCUT2D eigenvalue weighted by atomic mass is 10.0. The zero-order valence-corrected chi connectivity index (χ0v) is 16.7. The van der Waals surface area contributed by atoms with Crippen molar-refractivity contribution in [2.24, 2.45) is 0 Å². The Morgan fingerprint density at radius 1 is 1.07 bits per heavy atom. The van der Waals surface area contributed by atoms with Gasteiger partial charge in [-0.1, -0.05) is 42.5 Å². The fourth-order valence-corrected chi connectivity index (χ4v) is 3.43. The maximum absolute atomic E-state index is 13.0. The fourth-order valence-electron chi connectivity index (χ4n) is 3.43. The van der Waals surface area contributed by atoms with E-state index in [0.717, 1.165) is 23.2 Å². The number of nitrogens with zero attached hydrogens (tertiary/aromatic N) is 2. The molecule has 150 valence electrons. The molecule has 1 atom stereocenters. The minimum absolute atomic E-state index is 0.109. The van der Waals surface area contributed by atoms with Gasteiger partial charge in [0.2, 0.25) is 5.91 Å². The number of anilines is 1. The molecule has 1 amide bonds. The third-order valence-electron chi connectivity index (χ3n) is 5.29. The highest BCUT2D eigenvalue weighted by Crippen LogP contribution is 2.38. The summed E-state index contributed by atoms with van der Waals surface area (Å²) < 4.78 is 0. The molecule has 1 aromatic heterocycles. The second-order valence-electron chi connectivity index (χ2n) is 7.59. The van der Waals surface area contributed by atoms with Crippen LogP contribution < -0.4 is 10.6 Å². The van der Waals surface area contributed by atoms with Crippen molar-refractivity contribution in [3.05, 3.63) is 95.3 Å². The Labute approximate surface area is 176 Å². The van der Waals surface area contributed by atoms with Crippen LogP contribution >= 0.6 is 0 Å². The highest BCUT2D eigenvalue weighted by atomic mass is 16.2. The lowest BCUT2D eigenvalue weighted by molar-refractivity contribution is -0.118. The van der Waals surface area contributed by atoms with Crippen LogP contribution in [0, 0.1) is 11.3 Å². The molecule has 2 aromatic carbocycles. The summed E-state index contributed by atoms with van der Waals surface area (Å²) in [6.07, 6.45) is 4.92. The van der Waals surface area contributed by atoms with E-state index in [2.05, 4.69) is 21.7 Å². The SMILES string of the molecule is N#Cc1ccc(CCN[C@@H](C(=O)Nc2ccc(C3CC3)nc2)c2ccccc2)cc1. The van der Waals surface area contributed by atoms with E-state index in [-0.39, 0.29) is 5.91 Å². The maximum Gasteiger partial charge on any atom is 0.246 e. The topological polar surface area (TPSA) is 77.8 Å². The van der Waals surface area contributed by atoms with Gasteiger partial charge in [-0.3, -0.25) is 9.78 Å². The second-order valence-corrected chi connectivity index (χ2v) is 7.59. The Kier molecular flexibility index (Phi) is 6.17. The van der Waals surface area contributed by atoms with E-state index in [9.17, 15) is 4.79 Å². The van der Waals surface area contributed by atoms with Crippen LogP contribution in [-0.4, -0.2) is 17.4 Å². The van der Waals surface area contributed by atoms with Crippen molar-refractivity contribution in [3.8, 4) is 6.07 Å². The maximum atomic E-state index is 13.0. The Hall–Kier alpha value is -3.49. The number of pyridine rings is 1. The molecule has 3 aromatic rings. The van der Waals surface area contributed by atoms with Crippen molar-refractivity contribution >= 4 is 11.6 Å². The van der Waals surface area contributed by atoms with Gasteiger partial charge in [0.15, 0.2) is 0 Å². The predicted octanol–water partition coefficient (Wildman–Crippen LogP) is 4.34. The largest absolute Gasteiger partial charge is 0.323 e. The number of aromatic nitrogens is 1. The van der Waals surface area contributed by atoms with E-state index < -0.39 is 6.04 Å². The quantitative estimate of drug-likeness (QED) is 0.594. The summed E-state index contributed by atoms with van der Waals surface area (Å²) in [6, 6.07) is 22.8. The molecule has 0 bridgehead atoms. The molecule has 2 N–H and O–H groups in total.